The Labute approximate surface area is 228 Å². The van der Waals surface area contributed by atoms with Crippen LogP contribution in [0.4, 0.5) is 5.69 Å². The summed E-state index contributed by atoms with van der Waals surface area (Å²) in [7, 11) is -4.07. The number of nitrogens with zero attached hydrogens (tertiary/aromatic N) is 2. The highest BCUT2D eigenvalue weighted by Crippen LogP contribution is 2.26. The Bertz CT molecular complexity index is 1300. The molecule has 2 amide bonds. The molecule has 0 saturated carbocycles. The molecule has 1 N–H and O–H groups in total. The zero-order valence-electron chi connectivity index (χ0n) is 19.9. The minimum Gasteiger partial charge on any atom is -0.355 e. The molecule has 0 aliphatic heterocycles. The molecule has 1 atom stereocenters. The van der Waals surface area contributed by atoms with Crippen molar-refractivity contribution in [2.24, 2.45) is 0 Å². The van der Waals surface area contributed by atoms with E-state index in [2.05, 4.69) is 37.2 Å². The first-order chi connectivity index (χ1) is 17.1. The lowest BCUT2D eigenvalue weighted by Gasteiger charge is -2.32. The second-order valence-electron chi connectivity index (χ2n) is 8.02. The van der Waals surface area contributed by atoms with Crippen LogP contribution in [0.25, 0.3) is 0 Å². The average molecular weight is 637 g/mol. The van der Waals surface area contributed by atoms with Crippen molar-refractivity contribution in [2.75, 3.05) is 17.4 Å². The molecule has 1 unspecified atom stereocenters. The number of benzene rings is 3. The van der Waals surface area contributed by atoms with Crippen LogP contribution in [0, 0.1) is 0 Å². The molecule has 0 radical (unpaired) electrons. The van der Waals surface area contributed by atoms with Crippen LogP contribution in [-0.2, 0) is 26.2 Å². The second kappa shape index (κ2) is 12.5. The van der Waals surface area contributed by atoms with Gasteiger partial charge in [-0.25, -0.2) is 8.42 Å². The topological polar surface area (TPSA) is 86.8 Å². The highest BCUT2D eigenvalue weighted by atomic mass is 79.9. The van der Waals surface area contributed by atoms with Crippen LogP contribution < -0.4 is 9.62 Å². The van der Waals surface area contributed by atoms with Gasteiger partial charge in [0.05, 0.1) is 10.6 Å². The van der Waals surface area contributed by atoms with Crippen molar-refractivity contribution < 1.29 is 18.0 Å². The zero-order valence-corrected chi connectivity index (χ0v) is 23.9. The smallest absolute Gasteiger partial charge is 0.264 e. The van der Waals surface area contributed by atoms with E-state index >= 15 is 0 Å². The third kappa shape index (κ3) is 6.96. The van der Waals surface area contributed by atoms with E-state index in [4.69, 9.17) is 0 Å². The summed E-state index contributed by atoms with van der Waals surface area (Å²) in [6.07, 6.45) is 0. The van der Waals surface area contributed by atoms with Gasteiger partial charge in [-0.3, -0.25) is 13.9 Å². The van der Waals surface area contributed by atoms with Crippen molar-refractivity contribution in [2.45, 2.75) is 31.3 Å². The number of halogens is 2. The second-order valence-corrected chi connectivity index (χ2v) is 11.7. The number of carbonyl (C=O) groups is 2. The predicted molar refractivity (Wildman–Crippen MR) is 148 cm³/mol. The van der Waals surface area contributed by atoms with Crippen LogP contribution >= 0.6 is 31.9 Å². The van der Waals surface area contributed by atoms with E-state index in [1.807, 2.05) is 24.3 Å². The van der Waals surface area contributed by atoms with Crippen molar-refractivity contribution in [3.63, 3.8) is 0 Å². The number of amides is 2. The lowest BCUT2D eigenvalue weighted by Crippen LogP contribution is -2.51. The monoisotopic (exact) mass is 635 g/mol. The first-order valence-electron chi connectivity index (χ1n) is 11.3. The number of anilines is 1. The molecule has 0 bridgehead atoms. The van der Waals surface area contributed by atoms with Gasteiger partial charge in [-0.05, 0) is 67.9 Å². The molecule has 0 spiro atoms. The van der Waals surface area contributed by atoms with Crippen LogP contribution in [0.3, 0.4) is 0 Å². The van der Waals surface area contributed by atoms with E-state index in [-0.39, 0.29) is 17.3 Å². The van der Waals surface area contributed by atoms with Gasteiger partial charge in [0.2, 0.25) is 11.8 Å². The van der Waals surface area contributed by atoms with Gasteiger partial charge in [0, 0.05) is 22.0 Å². The summed E-state index contributed by atoms with van der Waals surface area (Å²) in [5.74, 6) is -0.821. The number of likely N-dealkylation sites (N-methyl/N-ethyl adjacent to an activating group) is 1. The van der Waals surface area contributed by atoms with Crippen molar-refractivity contribution in [1.29, 1.82) is 0 Å². The minimum atomic E-state index is -4.07. The van der Waals surface area contributed by atoms with Crippen molar-refractivity contribution in [3.05, 3.63) is 93.4 Å². The quantitative estimate of drug-likeness (QED) is 0.341. The molecule has 10 heteroatoms. The van der Waals surface area contributed by atoms with E-state index < -0.39 is 28.5 Å². The van der Waals surface area contributed by atoms with Crippen molar-refractivity contribution in [3.8, 4) is 0 Å². The summed E-state index contributed by atoms with van der Waals surface area (Å²) in [5, 5.41) is 2.75. The highest BCUT2D eigenvalue weighted by molar-refractivity contribution is 9.10. The van der Waals surface area contributed by atoms with Gasteiger partial charge < -0.3 is 10.2 Å². The number of nitrogens with one attached hydrogen (secondary N) is 1. The standard InChI is InChI=1S/C26H27Br2N3O4S/c1-3-29-26(33)19(2)30(17-20-8-7-9-22(28)16-20)25(32)18-31(23-14-12-21(27)13-15-23)36(34,35)24-10-5-4-6-11-24/h4-16,19H,3,17-18H2,1-2H3,(H,29,33). The highest BCUT2D eigenvalue weighted by Gasteiger charge is 2.32. The lowest BCUT2D eigenvalue weighted by molar-refractivity contribution is -0.139. The molecule has 3 aromatic carbocycles. The molecular formula is C26H27Br2N3O4S. The summed E-state index contributed by atoms with van der Waals surface area (Å²) in [4.78, 5) is 27.9. The Morgan fingerprint density at radius 1 is 0.917 bits per heavy atom. The Balaban J connectivity index is 2.01. The first kappa shape index (κ1) is 27.9. The fraction of sp³-hybridized carbons (Fsp3) is 0.231. The van der Waals surface area contributed by atoms with Gasteiger partial charge in [-0.2, -0.15) is 0 Å². The van der Waals surface area contributed by atoms with Gasteiger partial charge in [0.15, 0.2) is 0 Å². The molecular weight excluding hydrogens is 610 g/mol. The molecule has 190 valence electrons. The van der Waals surface area contributed by atoms with E-state index in [1.165, 1.54) is 17.0 Å². The van der Waals surface area contributed by atoms with Crippen molar-refractivity contribution >= 4 is 59.4 Å². The third-order valence-corrected chi connectivity index (χ3v) is 8.29. The molecule has 7 nitrogen and oxygen atoms in total. The minimum absolute atomic E-state index is 0.0658. The summed E-state index contributed by atoms with van der Waals surface area (Å²) < 4.78 is 30.0. The van der Waals surface area contributed by atoms with Gasteiger partial charge in [-0.1, -0.05) is 62.2 Å². The summed E-state index contributed by atoms with van der Waals surface area (Å²) >= 11 is 6.80. The summed E-state index contributed by atoms with van der Waals surface area (Å²) in [5.41, 5.74) is 1.14. The maximum absolute atomic E-state index is 13.7. The Morgan fingerprint density at radius 2 is 1.58 bits per heavy atom. The Kier molecular flexibility index (Phi) is 9.69. The number of carbonyl (C=O) groups excluding carboxylic acids is 2. The molecule has 0 aromatic heterocycles. The number of rotatable bonds is 10. The van der Waals surface area contributed by atoms with E-state index in [0.717, 1.165) is 18.8 Å². The molecule has 3 aromatic rings. The Morgan fingerprint density at radius 3 is 2.19 bits per heavy atom. The maximum atomic E-state index is 13.7. The van der Waals surface area contributed by atoms with Gasteiger partial charge in [0.25, 0.3) is 10.0 Å². The lowest BCUT2D eigenvalue weighted by atomic mass is 10.1. The molecule has 0 heterocycles. The molecule has 0 aliphatic carbocycles. The fourth-order valence-electron chi connectivity index (χ4n) is 3.59. The van der Waals surface area contributed by atoms with Crippen molar-refractivity contribution in [1.82, 2.24) is 10.2 Å². The summed E-state index contributed by atoms with van der Waals surface area (Å²) in [6.45, 7) is 3.51. The molecule has 0 fully saturated rings. The molecule has 0 saturated heterocycles. The Hall–Kier alpha value is -2.69. The number of hydrogen-bond acceptors (Lipinski definition) is 4. The van der Waals surface area contributed by atoms with Gasteiger partial charge >= 0.3 is 0 Å². The first-order valence-corrected chi connectivity index (χ1v) is 14.3. The maximum Gasteiger partial charge on any atom is 0.264 e. The van der Waals surface area contributed by atoms with Crippen LogP contribution in [-0.4, -0.2) is 44.3 Å². The number of sulfonamides is 1. The van der Waals surface area contributed by atoms with Gasteiger partial charge in [-0.15, -0.1) is 0 Å². The van der Waals surface area contributed by atoms with Crippen LogP contribution in [0.1, 0.15) is 19.4 Å². The third-order valence-electron chi connectivity index (χ3n) is 5.48. The van der Waals surface area contributed by atoms with E-state index in [0.29, 0.717) is 12.2 Å². The average Bonchev–Trinajstić information content (AvgIpc) is 2.86. The molecule has 0 aliphatic rings. The fourth-order valence-corrected chi connectivity index (χ4v) is 5.74. The van der Waals surface area contributed by atoms with E-state index in [1.54, 1.807) is 56.3 Å². The van der Waals surface area contributed by atoms with E-state index in [9.17, 15) is 18.0 Å². The zero-order chi connectivity index (χ0) is 26.3. The largest absolute Gasteiger partial charge is 0.355 e. The van der Waals surface area contributed by atoms with Crippen LogP contribution in [0.5, 0.6) is 0 Å². The van der Waals surface area contributed by atoms with Gasteiger partial charge in [0.1, 0.15) is 12.6 Å². The number of hydrogen-bond donors (Lipinski definition) is 1. The molecule has 36 heavy (non-hydrogen) atoms. The molecule has 3 rings (SSSR count). The summed E-state index contributed by atoms with van der Waals surface area (Å²) in [6, 6.07) is 21.2. The van der Waals surface area contributed by atoms with Crippen LogP contribution in [0.15, 0.2) is 92.7 Å². The normalized spacial score (nSPS) is 12.0. The predicted octanol–water partition coefficient (Wildman–Crippen LogP) is 4.96. The van der Waals surface area contributed by atoms with Crippen LogP contribution in [0.2, 0.25) is 0 Å². The SMILES string of the molecule is CCNC(=O)C(C)N(Cc1cccc(Br)c1)C(=O)CN(c1ccc(Br)cc1)S(=O)(=O)c1ccccc1.